The fourth-order valence-corrected chi connectivity index (χ4v) is 4.99. The molecule has 0 radical (unpaired) electrons. The van der Waals surface area contributed by atoms with Gasteiger partial charge in [0.15, 0.2) is 0 Å². The minimum atomic E-state index is -0.669. The fourth-order valence-electron chi connectivity index (χ4n) is 3.24. The monoisotopic (exact) mass is 447 g/mol. The number of benzene rings is 2. The summed E-state index contributed by atoms with van der Waals surface area (Å²) in [5.74, 6) is 0.0255. The highest BCUT2D eigenvalue weighted by Gasteiger charge is 2.28. The van der Waals surface area contributed by atoms with E-state index in [-0.39, 0.29) is 33.8 Å². The molecule has 2 aromatic carbocycles. The number of halogens is 2. The van der Waals surface area contributed by atoms with Crippen molar-refractivity contribution in [1.82, 2.24) is 0 Å². The number of phenols is 1. The fraction of sp³-hybridized carbons (Fsp3) is 0.143. The third kappa shape index (κ3) is 3.88. The minimum Gasteiger partial charge on any atom is -0.507 e. The topological polar surface area (TPSA) is 83.0 Å². The van der Waals surface area contributed by atoms with E-state index >= 15 is 0 Å². The van der Waals surface area contributed by atoms with E-state index in [9.17, 15) is 15.0 Å². The second kappa shape index (κ2) is 7.78. The number of aromatic hydroxyl groups is 2. The molecule has 2 heterocycles. The molecule has 5 nitrogen and oxygen atoms in total. The number of phenolic OH excluding ortho intramolecular Hbond substituents is 1. The van der Waals surface area contributed by atoms with Crippen molar-refractivity contribution in [2.24, 2.45) is 4.99 Å². The Balaban J connectivity index is 1.91. The van der Waals surface area contributed by atoms with E-state index in [1.807, 2.05) is 24.3 Å². The van der Waals surface area contributed by atoms with Crippen molar-refractivity contribution in [3.05, 3.63) is 79.8 Å². The zero-order chi connectivity index (χ0) is 20.7. The molecular formula is C21H15Cl2NO4S. The first-order chi connectivity index (χ1) is 13.8. The Morgan fingerprint density at radius 1 is 1.17 bits per heavy atom. The number of hydrogen-bond donors (Lipinski definition) is 2. The molecule has 0 fully saturated rings. The summed E-state index contributed by atoms with van der Waals surface area (Å²) in [5, 5.41) is 21.1. The van der Waals surface area contributed by atoms with Crippen LogP contribution in [0.1, 0.15) is 28.6 Å². The van der Waals surface area contributed by atoms with E-state index in [1.165, 1.54) is 23.9 Å². The molecule has 0 aliphatic carbocycles. The standard InChI is InChI=1S/C21H15Cl2NO4S/c1-10-6-16(25)19(21(27)28-10)15-9-18(12-7-11(22)8-13(23)20(12)26)29-17-5-3-2-4-14(17)24-15/h2-8,18,25-26H,9H2,1H3/t18-/m1/s1. The molecule has 1 aromatic heterocycles. The van der Waals surface area contributed by atoms with E-state index in [0.717, 1.165) is 4.90 Å². The quantitative estimate of drug-likeness (QED) is 0.501. The second-order valence-corrected chi connectivity index (χ2v) is 8.66. The third-order valence-electron chi connectivity index (χ3n) is 4.52. The number of hydrogen-bond acceptors (Lipinski definition) is 6. The molecule has 3 aromatic rings. The molecule has 1 atom stereocenters. The SMILES string of the molecule is Cc1cc(O)c(C2=Nc3ccccc3S[C@@H](c3cc(Cl)cc(Cl)c3O)C2)c(=O)o1. The molecule has 1 aliphatic heterocycles. The third-order valence-corrected chi connectivity index (χ3v) is 6.33. The smallest absolute Gasteiger partial charge is 0.348 e. The van der Waals surface area contributed by atoms with Gasteiger partial charge in [-0.2, -0.15) is 0 Å². The van der Waals surface area contributed by atoms with Crippen LogP contribution in [0.3, 0.4) is 0 Å². The minimum absolute atomic E-state index is 0.00511. The van der Waals surface area contributed by atoms with E-state index < -0.39 is 5.63 Å². The number of aryl methyl sites for hydroxylation is 1. The highest BCUT2D eigenvalue weighted by Crippen LogP contribution is 2.49. The van der Waals surface area contributed by atoms with Gasteiger partial charge in [-0.05, 0) is 31.2 Å². The van der Waals surface area contributed by atoms with Crippen molar-refractivity contribution in [1.29, 1.82) is 0 Å². The van der Waals surface area contributed by atoms with Gasteiger partial charge in [0, 0.05) is 33.2 Å². The lowest BCUT2D eigenvalue weighted by atomic mass is 10.0. The van der Waals surface area contributed by atoms with Gasteiger partial charge in [-0.25, -0.2) is 4.79 Å². The first-order valence-corrected chi connectivity index (χ1v) is 10.3. The van der Waals surface area contributed by atoms with Crippen LogP contribution in [0.4, 0.5) is 5.69 Å². The van der Waals surface area contributed by atoms with E-state index in [2.05, 4.69) is 4.99 Å². The Bertz CT molecular complexity index is 1210. The molecule has 0 spiro atoms. The van der Waals surface area contributed by atoms with Gasteiger partial charge in [-0.1, -0.05) is 35.3 Å². The van der Waals surface area contributed by atoms with Crippen molar-refractivity contribution in [2.45, 2.75) is 23.5 Å². The molecule has 2 N–H and O–H groups in total. The van der Waals surface area contributed by atoms with Crippen LogP contribution in [0, 0.1) is 6.92 Å². The first-order valence-electron chi connectivity index (χ1n) is 8.68. The lowest BCUT2D eigenvalue weighted by Gasteiger charge is -2.18. The molecule has 0 saturated carbocycles. The summed E-state index contributed by atoms with van der Waals surface area (Å²) in [6.07, 6.45) is 0.241. The Morgan fingerprint density at radius 2 is 1.93 bits per heavy atom. The van der Waals surface area contributed by atoms with E-state index in [0.29, 0.717) is 27.7 Å². The number of fused-ring (bicyclic) bond motifs is 1. The average molecular weight is 448 g/mol. The molecule has 0 amide bonds. The van der Waals surface area contributed by atoms with Crippen molar-refractivity contribution in [3.8, 4) is 11.5 Å². The van der Waals surface area contributed by atoms with E-state index in [1.54, 1.807) is 13.0 Å². The maximum absolute atomic E-state index is 12.5. The molecule has 8 heteroatoms. The summed E-state index contributed by atoms with van der Waals surface area (Å²) in [6, 6.07) is 11.9. The van der Waals surface area contributed by atoms with Gasteiger partial charge in [-0.3, -0.25) is 4.99 Å². The predicted molar refractivity (Wildman–Crippen MR) is 115 cm³/mol. The zero-order valence-corrected chi connectivity index (χ0v) is 17.5. The molecule has 4 rings (SSSR count). The van der Waals surface area contributed by atoms with Crippen LogP contribution in [0.5, 0.6) is 11.5 Å². The number of para-hydroxylation sites is 1. The van der Waals surface area contributed by atoms with Crippen molar-refractivity contribution >= 4 is 46.4 Å². The van der Waals surface area contributed by atoms with Crippen LogP contribution in [-0.2, 0) is 0 Å². The van der Waals surface area contributed by atoms with Gasteiger partial charge in [-0.15, -0.1) is 11.8 Å². The lowest BCUT2D eigenvalue weighted by molar-refractivity contribution is 0.432. The molecule has 1 aliphatic rings. The van der Waals surface area contributed by atoms with Crippen LogP contribution in [0.15, 0.2) is 61.6 Å². The predicted octanol–water partition coefficient (Wildman–Crippen LogP) is 6.02. The summed E-state index contributed by atoms with van der Waals surface area (Å²) in [7, 11) is 0. The highest BCUT2D eigenvalue weighted by atomic mass is 35.5. The van der Waals surface area contributed by atoms with Crippen molar-refractivity contribution in [3.63, 3.8) is 0 Å². The van der Waals surface area contributed by atoms with Crippen LogP contribution in [0.2, 0.25) is 10.0 Å². The Hall–Kier alpha value is -2.41. The summed E-state index contributed by atoms with van der Waals surface area (Å²) < 4.78 is 5.18. The van der Waals surface area contributed by atoms with Crippen molar-refractivity contribution < 1.29 is 14.6 Å². The van der Waals surface area contributed by atoms with Crippen LogP contribution < -0.4 is 5.63 Å². The molecular weight excluding hydrogens is 433 g/mol. The van der Waals surface area contributed by atoms with Gasteiger partial charge in [0.05, 0.1) is 16.4 Å². The van der Waals surface area contributed by atoms with E-state index in [4.69, 9.17) is 27.6 Å². The largest absolute Gasteiger partial charge is 0.507 e. The maximum atomic E-state index is 12.5. The Kier molecular flexibility index (Phi) is 5.34. The van der Waals surface area contributed by atoms with Crippen LogP contribution >= 0.6 is 35.0 Å². The van der Waals surface area contributed by atoms with Gasteiger partial charge < -0.3 is 14.6 Å². The van der Waals surface area contributed by atoms with Crippen LogP contribution in [0.25, 0.3) is 0 Å². The summed E-state index contributed by atoms with van der Waals surface area (Å²) in [4.78, 5) is 18.0. The van der Waals surface area contributed by atoms with Gasteiger partial charge in [0.1, 0.15) is 22.8 Å². The maximum Gasteiger partial charge on any atom is 0.348 e. The summed E-state index contributed by atoms with van der Waals surface area (Å²) in [5.41, 5.74) is 0.868. The normalized spacial score (nSPS) is 16.1. The first kappa shape index (κ1) is 19.9. The summed E-state index contributed by atoms with van der Waals surface area (Å²) in [6.45, 7) is 1.58. The number of rotatable bonds is 2. The van der Waals surface area contributed by atoms with Crippen molar-refractivity contribution in [2.75, 3.05) is 0 Å². The number of thioether (sulfide) groups is 1. The molecule has 29 heavy (non-hydrogen) atoms. The molecule has 0 unspecified atom stereocenters. The Morgan fingerprint density at radius 3 is 2.69 bits per heavy atom. The lowest BCUT2D eigenvalue weighted by Crippen LogP contribution is -2.17. The van der Waals surface area contributed by atoms with Gasteiger partial charge in [0.2, 0.25) is 0 Å². The molecule has 0 saturated heterocycles. The summed E-state index contributed by atoms with van der Waals surface area (Å²) >= 11 is 13.8. The molecule has 148 valence electrons. The molecule has 0 bridgehead atoms. The van der Waals surface area contributed by atoms with Gasteiger partial charge >= 0.3 is 5.63 Å². The highest BCUT2D eigenvalue weighted by molar-refractivity contribution is 7.99. The second-order valence-electron chi connectivity index (χ2n) is 6.57. The number of nitrogens with zero attached hydrogens (tertiary/aromatic N) is 1. The van der Waals surface area contributed by atoms with Crippen LogP contribution in [-0.4, -0.2) is 15.9 Å². The average Bonchev–Trinajstić information content (AvgIpc) is 2.83. The number of aliphatic imine (C=N–C) groups is 1. The van der Waals surface area contributed by atoms with Gasteiger partial charge in [0.25, 0.3) is 0 Å². The zero-order valence-electron chi connectivity index (χ0n) is 15.1. The Labute approximate surface area is 180 Å².